The lowest BCUT2D eigenvalue weighted by Gasteiger charge is -2.39. The minimum Gasteiger partial charge on any atom is -0.493 e. The summed E-state index contributed by atoms with van der Waals surface area (Å²) < 4.78 is 22.5. The number of imidazole rings is 1. The van der Waals surface area contributed by atoms with Crippen LogP contribution in [-0.4, -0.2) is 79.2 Å². The maximum atomic E-state index is 14.5. The van der Waals surface area contributed by atoms with E-state index in [0.717, 1.165) is 80.0 Å². The van der Waals surface area contributed by atoms with Gasteiger partial charge in [-0.05, 0) is 86.2 Å². The summed E-state index contributed by atoms with van der Waals surface area (Å²) in [6.07, 6.45) is 6.12. The third kappa shape index (κ3) is 7.03. The third-order valence-electron chi connectivity index (χ3n) is 10.5. The highest BCUT2D eigenvalue weighted by molar-refractivity contribution is 5.85. The molecule has 2 aliphatic rings. The molecule has 0 bridgehead atoms. The molecule has 50 heavy (non-hydrogen) atoms. The van der Waals surface area contributed by atoms with Gasteiger partial charge in [-0.25, -0.2) is 4.98 Å². The molecule has 2 aliphatic heterocycles. The van der Waals surface area contributed by atoms with Crippen molar-refractivity contribution >= 4 is 22.9 Å². The molecule has 2 saturated heterocycles. The second kappa shape index (κ2) is 14.9. The highest BCUT2D eigenvalue weighted by atomic mass is 16.5. The number of aromatic nitrogens is 2. The predicted octanol–water partition coefficient (Wildman–Crippen LogP) is 6.70. The molecule has 1 unspecified atom stereocenters. The topological polar surface area (TPSA) is 96.3 Å². The van der Waals surface area contributed by atoms with E-state index in [2.05, 4.69) is 45.1 Å². The van der Waals surface area contributed by atoms with Gasteiger partial charge in [-0.3, -0.25) is 4.79 Å². The summed E-state index contributed by atoms with van der Waals surface area (Å²) in [5.41, 5.74) is 3.70. The SMILES string of the molecule is COc1cc(CN2CCC(CCN3CCC(N(Cc4ccco4)c4nc5ccccc5[nH]4)CC3)(Cc3ccccc3)C2=O)cc(OC)c1OC. The number of para-hydroxylation sites is 2. The molecule has 3 aromatic carbocycles. The average Bonchev–Trinajstić information content (AvgIpc) is 3.90. The van der Waals surface area contributed by atoms with Gasteiger partial charge in [-0.1, -0.05) is 42.5 Å². The maximum absolute atomic E-state index is 14.5. The Kier molecular flexibility index (Phi) is 9.98. The van der Waals surface area contributed by atoms with E-state index in [-0.39, 0.29) is 5.91 Å². The maximum Gasteiger partial charge on any atom is 0.229 e. The van der Waals surface area contributed by atoms with Crippen LogP contribution in [0.5, 0.6) is 17.2 Å². The number of likely N-dealkylation sites (tertiary alicyclic amines) is 2. The molecule has 0 saturated carbocycles. The van der Waals surface area contributed by atoms with Crippen LogP contribution in [0.1, 0.15) is 42.6 Å². The largest absolute Gasteiger partial charge is 0.493 e. The van der Waals surface area contributed by atoms with Crippen molar-refractivity contribution in [2.24, 2.45) is 5.41 Å². The molecular formula is C40H47N5O5. The van der Waals surface area contributed by atoms with E-state index in [0.29, 0.717) is 42.9 Å². The highest BCUT2D eigenvalue weighted by Gasteiger charge is 2.46. The number of furan rings is 1. The van der Waals surface area contributed by atoms with Crippen molar-refractivity contribution in [2.75, 3.05) is 52.4 Å². The molecular weight excluding hydrogens is 630 g/mol. The normalized spacial score (nSPS) is 18.5. The lowest BCUT2D eigenvalue weighted by Crippen LogP contribution is -2.46. The van der Waals surface area contributed by atoms with Gasteiger partial charge in [0, 0.05) is 32.2 Å². The van der Waals surface area contributed by atoms with Gasteiger partial charge >= 0.3 is 0 Å². The molecule has 0 radical (unpaired) electrons. The number of carbonyl (C=O) groups excluding carboxylic acids is 1. The first kappa shape index (κ1) is 33.5. The Morgan fingerprint density at radius 3 is 2.32 bits per heavy atom. The van der Waals surface area contributed by atoms with Gasteiger partial charge in [0.15, 0.2) is 11.5 Å². The molecule has 4 heterocycles. The summed E-state index contributed by atoms with van der Waals surface area (Å²) in [4.78, 5) is 29.9. The molecule has 5 aromatic rings. The minimum atomic E-state index is -0.460. The fourth-order valence-electron chi connectivity index (χ4n) is 7.81. The first-order valence-electron chi connectivity index (χ1n) is 17.6. The summed E-state index contributed by atoms with van der Waals surface area (Å²) >= 11 is 0. The van der Waals surface area contributed by atoms with Crippen LogP contribution in [0.3, 0.4) is 0 Å². The Morgan fingerprint density at radius 1 is 0.900 bits per heavy atom. The predicted molar refractivity (Wildman–Crippen MR) is 194 cm³/mol. The molecule has 2 fully saturated rings. The van der Waals surface area contributed by atoms with Crippen LogP contribution in [0.25, 0.3) is 11.0 Å². The Labute approximate surface area is 293 Å². The third-order valence-corrected chi connectivity index (χ3v) is 10.5. The number of fused-ring (bicyclic) bond motifs is 1. The molecule has 1 N–H and O–H groups in total. The summed E-state index contributed by atoms with van der Waals surface area (Å²) in [5, 5.41) is 0. The number of nitrogens with one attached hydrogen (secondary N) is 1. The van der Waals surface area contributed by atoms with E-state index >= 15 is 0 Å². The average molecular weight is 678 g/mol. The standard InChI is InChI=1S/C40H47N5O5/c1-47-35-24-30(25-36(48-2)37(35)49-3)27-44-22-18-40(38(44)46,26-29-10-5-4-6-11-29)17-21-43-19-15-31(16-20-43)45(28-32-12-9-23-50-32)39-41-33-13-7-8-14-34(33)42-39/h4-14,23-25,31H,15-22,26-28H2,1-3H3,(H,41,42). The summed E-state index contributed by atoms with van der Waals surface area (Å²) in [6.45, 7) is 4.67. The van der Waals surface area contributed by atoms with E-state index in [4.69, 9.17) is 23.6 Å². The Bertz CT molecular complexity index is 1810. The fraction of sp³-hybridized carbons (Fsp3) is 0.400. The number of hydrogen-bond acceptors (Lipinski definition) is 8. The number of ether oxygens (including phenoxy) is 3. The van der Waals surface area contributed by atoms with Crippen molar-refractivity contribution < 1.29 is 23.4 Å². The molecule has 7 rings (SSSR count). The van der Waals surface area contributed by atoms with Crippen LogP contribution < -0.4 is 19.1 Å². The van der Waals surface area contributed by atoms with E-state index in [1.807, 2.05) is 53.4 Å². The number of H-pyrrole nitrogens is 1. The van der Waals surface area contributed by atoms with E-state index in [1.54, 1.807) is 27.6 Å². The van der Waals surface area contributed by atoms with Gasteiger partial charge in [0.1, 0.15) is 5.76 Å². The molecule has 1 atom stereocenters. The molecule has 2 aromatic heterocycles. The van der Waals surface area contributed by atoms with Gasteiger partial charge in [0.2, 0.25) is 17.6 Å². The van der Waals surface area contributed by atoms with Crippen LogP contribution in [0.4, 0.5) is 5.95 Å². The zero-order valence-corrected chi connectivity index (χ0v) is 29.3. The van der Waals surface area contributed by atoms with Gasteiger partial charge in [-0.15, -0.1) is 0 Å². The number of hydrogen-bond donors (Lipinski definition) is 1. The molecule has 10 heteroatoms. The fourth-order valence-corrected chi connectivity index (χ4v) is 7.81. The molecule has 1 amide bonds. The lowest BCUT2D eigenvalue weighted by atomic mass is 9.77. The Balaban J connectivity index is 1.04. The number of rotatable bonds is 14. The van der Waals surface area contributed by atoms with Crippen molar-refractivity contribution in [3.8, 4) is 17.2 Å². The van der Waals surface area contributed by atoms with Crippen LogP contribution in [-0.2, 0) is 24.3 Å². The second-order valence-corrected chi connectivity index (χ2v) is 13.6. The quantitative estimate of drug-likeness (QED) is 0.139. The van der Waals surface area contributed by atoms with Crippen molar-refractivity contribution in [3.63, 3.8) is 0 Å². The first-order valence-corrected chi connectivity index (χ1v) is 17.6. The van der Waals surface area contributed by atoms with Crippen molar-refractivity contribution in [1.82, 2.24) is 19.8 Å². The van der Waals surface area contributed by atoms with Gasteiger partial charge in [0.25, 0.3) is 0 Å². The van der Waals surface area contributed by atoms with Crippen LogP contribution >= 0.6 is 0 Å². The van der Waals surface area contributed by atoms with Crippen LogP contribution in [0.15, 0.2) is 89.5 Å². The number of piperidine rings is 1. The monoisotopic (exact) mass is 677 g/mol. The number of methoxy groups -OCH3 is 3. The van der Waals surface area contributed by atoms with Gasteiger partial charge in [0.05, 0.1) is 50.6 Å². The molecule has 0 aliphatic carbocycles. The Hall–Kier alpha value is -4.96. The van der Waals surface area contributed by atoms with E-state index in [9.17, 15) is 4.79 Å². The van der Waals surface area contributed by atoms with Crippen LogP contribution in [0.2, 0.25) is 0 Å². The second-order valence-electron chi connectivity index (χ2n) is 13.6. The van der Waals surface area contributed by atoms with Crippen molar-refractivity contribution in [1.29, 1.82) is 0 Å². The highest BCUT2D eigenvalue weighted by Crippen LogP contribution is 2.42. The summed E-state index contributed by atoms with van der Waals surface area (Å²) in [7, 11) is 4.83. The number of nitrogens with zero attached hydrogens (tertiary/aromatic N) is 4. The molecule has 262 valence electrons. The zero-order valence-electron chi connectivity index (χ0n) is 29.3. The zero-order chi connectivity index (χ0) is 34.5. The Morgan fingerprint density at radius 2 is 1.64 bits per heavy atom. The smallest absolute Gasteiger partial charge is 0.229 e. The summed E-state index contributed by atoms with van der Waals surface area (Å²) in [6, 6.07) is 26.8. The first-order chi connectivity index (χ1) is 24.5. The van der Waals surface area contributed by atoms with Crippen LogP contribution in [0, 0.1) is 5.41 Å². The molecule has 0 spiro atoms. The number of benzene rings is 3. The molecule has 10 nitrogen and oxygen atoms in total. The number of amides is 1. The van der Waals surface area contributed by atoms with Gasteiger partial charge in [-0.2, -0.15) is 0 Å². The summed E-state index contributed by atoms with van der Waals surface area (Å²) in [5.74, 6) is 3.76. The van der Waals surface area contributed by atoms with E-state index < -0.39 is 5.41 Å². The van der Waals surface area contributed by atoms with Gasteiger partial charge < -0.3 is 38.3 Å². The minimum absolute atomic E-state index is 0.222. The lowest BCUT2D eigenvalue weighted by molar-refractivity contribution is -0.137. The number of anilines is 1. The van der Waals surface area contributed by atoms with E-state index in [1.165, 1.54) is 5.56 Å². The number of carbonyl (C=O) groups is 1. The van der Waals surface area contributed by atoms with Crippen molar-refractivity contribution in [3.05, 3.63) is 102 Å². The van der Waals surface area contributed by atoms with Crippen molar-refractivity contribution in [2.45, 2.75) is 51.2 Å². The number of aromatic amines is 1.